The Bertz CT molecular complexity index is 297. The summed E-state index contributed by atoms with van der Waals surface area (Å²) < 4.78 is 1.95. The minimum atomic E-state index is 0.410. The van der Waals surface area contributed by atoms with Gasteiger partial charge in [-0.2, -0.15) is 16.9 Å². The highest BCUT2D eigenvalue weighted by molar-refractivity contribution is 7.99. The number of thioether (sulfide) groups is 1. The van der Waals surface area contributed by atoms with Crippen LogP contribution in [0.5, 0.6) is 0 Å². The summed E-state index contributed by atoms with van der Waals surface area (Å²) in [7, 11) is 2.00. The highest BCUT2D eigenvalue weighted by Gasteiger charge is 2.24. The molecule has 1 fully saturated rings. The van der Waals surface area contributed by atoms with Gasteiger partial charge in [-0.1, -0.05) is 0 Å². The molecule has 0 amide bonds. The average molecular weight is 211 g/mol. The van der Waals surface area contributed by atoms with E-state index in [1.54, 1.807) is 0 Å². The van der Waals surface area contributed by atoms with E-state index in [2.05, 4.69) is 11.2 Å². The number of aryl methyl sites for hydroxylation is 2. The van der Waals surface area contributed by atoms with Crippen LogP contribution in [0.1, 0.15) is 12.1 Å². The van der Waals surface area contributed by atoms with Crippen LogP contribution in [-0.4, -0.2) is 27.3 Å². The van der Waals surface area contributed by atoms with E-state index >= 15 is 0 Å². The average Bonchev–Trinajstić information content (AvgIpc) is 2.72. The van der Waals surface area contributed by atoms with Crippen LogP contribution in [0, 0.1) is 5.92 Å². The molecule has 0 radical (unpaired) electrons. The highest BCUT2D eigenvalue weighted by Crippen LogP contribution is 2.26. The molecule has 2 unspecified atom stereocenters. The number of hydrogen-bond acceptors (Lipinski definition) is 3. The zero-order valence-electron chi connectivity index (χ0n) is 8.52. The maximum Gasteiger partial charge on any atom is 0.0492 e. The molecular formula is C10H17N3S. The van der Waals surface area contributed by atoms with E-state index in [4.69, 9.17) is 5.73 Å². The fourth-order valence-corrected chi connectivity index (χ4v) is 3.29. The van der Waals surface area contributed by atoms with Crippen molar-refractivity contribution in [1.82, 2.24) is 9.78 Å². The van der Waals surface area contributed by atoms with Crippen LogP contribution in [0.25, 0.3) is 0 Å². The van der Waals surface area contributed by atoms with Crippen molar-refractivity contribution in [1.29, 1.82) is 0 Å². The normalized spacial score (nSPS) is 27.0. The Morgan fingerprint density at radius 3 is 3.07 bits per heavy atom. The molecule has 3 nitrogen and oxygen atoms in total. The molecule has 0 spiro atoms. The van der Waals surface area contributed by atoms with Gasteiger partial charge < -0.3 is 5.73 Å². The molecule has 2 rings (SSSR count). The first kappa shape index (κ1) is 10.1. The van der Waals surface area contributed by atoms with Gasteiger partial charge in [-0.15, -0.1) is 0 Å². The second kappa shape index (κ2) is 4.36. The summed E-state index contributed by atoms with van der Waals surface area (Å²) in [6, 6.07) is 2.50. The van der Waals surface area contributed by atoms with Crippen LogP contribution in [0.2, 0.25) is 0 Å². The third-order valence-electron chi connectivity index (χ3n) is 2.94. The van der Waals surface area contributed by atoms with Crippen molar-refractivity contribution in [2.75, 3.05) is 11.5 Å². The van der Waals surface area contributed by atoms with Gasteiger partial charge in [-0.25, -0.2) is 0 Å². The van der Waals surface area contributed by atoms with Crippen molar-refractivity contribution in [3.05, 3.63) is 18.0 Å². The Balaban J connectivity index is 1.85. The summed E-state index contributed by atoms with van der Waals surface area (Å²) in [6.07, 6.45) is 4.17. The van der Waals surface area contributed by atoms with Gasteiger partial charge in [0, 0.05) is 30.7 Å². The lowest BCUT2D eigenvalue weighted by Crippen LogP contribution is -2.28. The summed E-state index contributed by atoms with van der Waals surface area (Å²) in [6.45, 7) is 0. The van der Waals surface area contributed by atoms with Gasteiger partial charge in [0.05, 0.1) is 0 Å². The van der Waals surface area contributed by atoms with Crippen molar-refractivity contribution in [2.45, 2.75) is 18.9 Å². The van der Waals surface area contributed by atoms with Crippen molar-refractivity contribution in [2.24, 2.45) is 18.7 Å². The fourth-order valence-electron chi connectivity index (χ4n) is 1.89. The monoisotopic (exact) mass is 211 g/mol. The summed E-state index contributed by atoms with van der Waals surface area (Å²) in [5, 5.41) is 4.16. The summed E-state index contributed by atoms with van der Waals surface area (Å²) in [4.78, 5) is 0. The van der Waals surface area contributed by atoms with Crippen LogP contribution >= 0.6 is 11.8 Å². The first-order valence-electron chi connectivity index (χ1n) is 5.07. The second-order valence-electron chi connectivity index (χ2n) is 3.95. The Labute approximate surface area is 89.1 Å². The Kier molecular flexibility index (Phi) is 3.13. The third-order valence-corrected chi connectivity index (χ3v) is 4.23. The van der Waals surface area contributed by atoms with Crippen LogP contribution < -0.4 is 5.73 Å². The Morgan fingerprint density at radius 1 is 1.64 bits per heavy atom. The van der Waals surface area contributed by atoms with Gasteiger partial charge >= 0.3 is 0 Å². The zero-order chi connectivity index (χ0) is 9.97. The van der Waals surface area contributed by atoms with Gasteiger partial charge in [-0.05, 0) is 30.6 Å². The van der Waals surface area contributed by atoms with E-state index in [9.17, 15) is 0 Å². The van der Waals surface area contributed by atoms with Gasteiger partial charge in [0.15, 0.2) is 0 Å². The van der Waals surface area contributed by atoms with Crippen molar-refractivity contribution < 1.29 is 0 Å². The van der Waals surface area contributed by atoms with Crippen LogP contribution in [0.3, 0.4) is 0 Å². The highest BCUT2D eigenvalue weighted by atomic mass is 32.2. The van der Waals surface area contributed by atoms with Crippen LogP contribution in [0.4, 0.5) is 0 Å². The number of hydrogen-bond donors (Lipinski definition) is 1. The Morgan fingerprint density at radius 2 is 2.50 bits per heavy atom. The van der Waals surface area contributed by atoms with Crippen LogP contribution in [0.15, 0.2) is 12.3 Å². The SMILES string of the molecule is Cn1nccc1CCC1CSCC1N. The minimum Gasteiger partial charge on any atom is -0.327 e. The van der Waals surface area contributed by atoms with Crippen LogP contribution in [-0.2, 0) is 13.5 Å². The lowest BCUT2D eigenvalue weighted by molar-refractivity contribution is 0.473. The molecule has 1 aliphatic heterocycles. The van der Waals surface area contributed by atoms with Gasteiger partial charge in [0.25, 0.3) is 0 Å². The number of nitrogens with two attached hydrogens (primary N) is 1. The largest absolute Gasteiger partial charge is 0.327 e. The Hall–Kier alpha value is -0.480. The number of nitrogens with zero attached hydrogens (tertiary/aromatic N) is 2. The molecular weight excluding hydrogens is 194 g/mol. The molecule has 0 bridgehead atoms. The molecule has 78 valence electrons. The van der Waals surface area contributed by atoms with E-state index in [0.29, 0.717) is 12.0 Å². The van der Waals surface area contributed by atoms with E-state index in [0.717, 1.165) is 12.2 Å². The second-order valence-corrected chi connectivity index (χ2v) is 5.02. The quantitative estimate of drug-likeness (QED) is 0.812. The first-order valence-corrected chi connectivity index (χ1v) is 6.23. The zero-order valence-corrected chi connectivity index (χ0v) is 9.33. The predicted molar refractivity (Wildman–Crippen MR) is 60.3 cm³/mol. The fraction of sp³-hybridized carbons (Fsp3) is 0.700. The van der Waals surface area contributed by atoms with E-state index < -0.39 is 0 Å². The van der Waals surface area contributed by atoms with Crippen molar-refractivity contribution in [3.8, 4) is 0 Å². The molecule has 2 heterocycles. The van der Waals surface area contributed by atoms with E-state index in [-0.39, 0.29) is 0 Å². The number of rotatable bonds is 3. The molecule has 0 saturated carbocycles. The lowest BCUT2D eigenvalue weighted by Gasteiger charge is -2.13. The van der Waals surface area contributed by atoms with Gasteiger partial charge in [0.2, 0.25) is 0 Å². The topological polar surface area (TPSA) is 43.8 Å². The van der Waals surface area contributed by atoms with Crippen molar-refractivity contribution >= 4 is 11.8 Å². The molecule has 1 aromatic rings. The predicted octanol–water partition coefficient (Wildman–Crippen LogP) is 1.04. The molecule has 4 heteroatoms. The minimum absolute atomic E-state index is 0.410. The molecule has 2 N–H and O–H groups in total. The molecule has 14 heavy (non-hydrogen) atoms. The molecule has 1 saturated heterocycles. The molecule has 1 aromatic heterocycles. The summed E-state index contributed by atoms with van der Waals surface area (Å²) >= 11 is 1.98. The molecule has 0 aliphatic carbocycles. The standard InChI is InChI=1S/C10H17N3S/c1-13-9(4-5-12-13)3-2-8-6-14-7-10(8)11/h4-5,8,10H,2-3,6-7,11H2,1H3. The lowest BCUT2D eigenvalue weighted by atomic mass is 9.98. The summed E-state index contributed by atoms with van der Waals surface area (Å²) in [5.41, 5.74) is 7.33. The van der Waals surface area contributed by atoms with Gasteiger partial charge in [-0.3, -0.25) is 4.68 Å². The maximum atomic E-state index is 6.01. The third kappa shape index (κ3) is 2.12. The molecule has 0 aromatic carbocycles. The maximum absolute atomic E-state index is 6.01. The molecule has 1 aliphatic rings. The van der Waals surface area contributed by atoms with Crippen molar-refractivity contribution in [3.63, 3.8) is 0 Å². The molecule has 2 atom stereocenters. The van der Waals surface area contributed by atoms with E-state index in [1.165, 1.54) is 17.9 Å². The van der Waals surface area contributed by atoms with Gasteiger partial charge in [0.1, 0.15) is 0 Å². The van der Waals surface area contributed by atoms with E-state index in [1.807, 2.05) is 29.7 Å². The number of aromatic nitrogens is 2. The smallest absolute Gasteiger partial charge is 0.0492 e. The summed E-state index contributed by atoms with van der Waals surface area (Å²) in [5.74, 6) is 3.07. The first-order chi connectivity index (χ1) is 6.77.